The summed E-state index contributed by atoms with van der Waals surface area (Å²) in [6, 6.07) is 16.4. The van der Waals surface area contributed by atoms with Gasteiger partial charge in [0, 0.05) is 16.7 Å². The maximum atomic E-state index is 9.91. The predicted molar refractivity (Wildman–Crippen MR) is 107 cm³/mol. The van der Waals surface area contributed by atoms with E-state index in [2.05, 4.69) is 4.98 Å². The zero-order valence-corrected chi connectivity index (χ0v) is 16.0. The Morgan fingerprint density at radius 2 is 1.97 bits per heavy atom. The van der Waals surface area contributed by atoms with Crippen molar-refractivity contribution in [1.29, 1.82) is 0 Å². The molecule has 0 unspecified atom stereocenters. The Balaban J connectivity index is 1.70. The molecule has 7 heteroatoms. The SMILES string of the molecule is Nc1c2c(nc[n+]1Cc1ccco1)Oc1cc(O)ccc1[C@@H]2c1ccc(Cl)cc1. The summed E-state index contributed by atoms with van der Waals surface area (Å²) >= 11 is 6.10. The minimum absolute atomic E-state index is 0.124. The van der Waals surface area contributed by atoms with Crippen LogP contribution in [0.2, 0.25) is 5.02 Å². The lowest BCUT2D eigenvalue weighted by atomic mass is 9.83. The number of nitrogens with zero attached hydrogens (tertiary/aromatic N) is 2. The Bertz CT molecular complexity index is 1190. The van der Waals surface area contributed by atoms with Gasteiger partial charge in [-0.1, -0.05) is 34.8 Å². The molecule has 29 heavy (non-hydrogen) atoms. The number of anilines is 1. The van der Waals surface area contributed by atoms with Crippen LogP contribution in [-0.2, 0) is 6.54 Å². The smallest absolute Gasteiger partial charge is 0.306 e. The van der Waals surface area contributed by atoms with E-state index in [0.29, 0.717) is 29.0 Å². The van der Waals surface area contributed by atoms with Crippen LogP contribution in [0.4, 0.5) is 5.82 Å². The first-order valence-corrected chi connectivity index (χ1v) is 9.44. The topological polar surface area (TPSA) is 85.4 Å². The molecule has 0 fully saturated rings. The van der Waals surface area contributed by atoms with Crippen LogP contribution < -0.4 is 15.0 Å². The second kappa shape index (κ2) is 6.83. The van der Waals surface area contributed by atoms with Crippen molar-refractivity contribution >= 4 is 17.4 Å². The highest BCUT2D eigenvalue weighted by molar-refractivity contribution is 6.30. The van der Waals surface area contributed by atoms with Crippen molar-refractivity contribution in [3.8, 4) is 17.4 Å². The van der Waals surface area contributed by atoms with E-state index in [4.69, 9.17) is 26.5 Å². The number of halogens is 1. The van der Waals surface area contributed by atoms with Crippen molar-refractivity contribution in [2.75, 3.05) is 5.73 Å². The van der Waals surface area contributed by atoms with E-state index in [-0.39, 0.29) is 11.7 Å². The fourth-order valence-electron chi connectivity index (χ4n) is 3.68. The van der Waals surface area contributed by atoms with Crippen molar-refractivity contribution in [1.82, 2.24) is 4.98 Å². The van der Waals surface area contributed by atoms with Gasteiger partial charge in [-0.05, 0) is 35.9 Å². The molecule has 144 valence electrons. The van der Waals surface area contributed by atoms with E-state index in [1.54, 1.807) is 24.7 Å². The van der Waals surface area contributed by atoms with Crippen LogP contribution in [0.1, 0.15) is 28.4 Å². The molecule has 3 N–H and O–H groups in total. The highest BCUT2D eigenvalue weighted by Crippen LogP contribution is 2.48. The molecular formula is C22H17ClN3O3+. The molecule has 6 nitrogen and oxygen atoms in total. The van der Waals surface area contributed by atoms with Gasteiger partial charge >= 0.3 is 5.88 Å². The summed E-state index contributed by atoms with van der Waals surface area (Å²) in [4.78, 5) is 4.49. The third-order valence-electron chi connectivity index (χ3n) is 5.04. The lowest BCUT2D eigenvalue weighted by Gasteiger charge is -2.27. The van der Waals surface area contributed by atoms with Gasteiger partial charge in [0.2, 0.25) is 12.1 Å². The summed E-state index contributed by atoms with van der Waals surface area (Å²) in [5.74, 6) is 2.17. The van der Waals surface area contributed by atoms with Gasteiger partial charge in [0.15, 0.2) is 0 Å². The van der Waals surface area contributed by atoms with Crippen LogP contribution in [0.3, 0.4) is 0 Å². The van der Waals surface area contributed by atoms with Gasteiger partial charge < -0.3 is 20.0 Å². The summed E-state index contributed by atoms with van der Waals surface area (Å²) in [6.07, 6.45) is 3.25. The molecule has 0 spiro atoms. The van der Waals surface area contributed by atoms with Crippen molar-refractivity contribution in [2.45, 2.75) is 12.5 Å². The first-order valence-electron chi connectivity index (χ1n) is 9.06. The maximum Gasteiger partial charge on any atom is 0.306 e. The Morgan fingerprint density at radius 1 is 1.14 bits per heavy atom. The molecule has 0 radical (unpaired) electrons. The Kier molecular flexibility index (Phi) is 4.14. The summed E-state index contributed by atoms with van der Waals surface area (Å²) in [5.41, 5.74) is 9.24. The number of ether oxygens (including phenoxy) is 1. The lowest BCUT2D eigenvalue weighted by molar-refractivity contribution is -0.679. The van der Waals surface area contributed by atoms with Crippen LogP contribution in [0, 0.1) is 0 Å². The van der Waals surface area contributed by atoms with Crippen molar-refractivity contribution < 1.29 is 18.8 Å². The number of benzene rings is 2. The van der Waals surface area contributed by atoms with Gasteiger partial charge in [0.1, 0.15) is 29.4 Å². The number of phenols is 1. The van der Waals surface area contributed by atoms with Gasteiger partial charge in [-0.2, -0.15) is 0 Å². The molecular weight excluding hydrogens is 390 g/mol. The summed E-state index contributed by atoms with van der Waals surface area (Å²) < 4.78 is 13.3. The average molecular weight is 407 g/mol. The Morgan fingerprint density at radius 3 is 2.72 bits per heavy atom. The molecule has 0 saturated carbocycles. The number of aromatic nitrogens is 2. The van der Waals surface area contributed by atoms with E-state index in [1.807, 2.05) is 47.0 Å². The maximum absolute atomic E-state index is 9.91. The van der Waals surface area contributed by atoms with E-state index in [9.17, 15) is 5.11 Å². The molecule has 1 atom stereocenters. The molecule has 0 bridgehead atoms. The summed E-state index contributed by atoms with van der Waals surface area (Å²) in [5, 5.41) is 10.6. The molecule has 0 aliphatic carbocycles. The number of nitrogens with two attached hydrogens (primary N) is 1. The first-order chi connectivity index (χ1) is 14.1. The molecule has 5 rings (SSSR count). The van der Waals surface area contributed by atoms with Crippen LogP contribution in [-0.4, -0.2) is 10.1 Å². The van der Waals surface area contributed by atoms with Crippen LogP contribution in [0.5, 0.6) is 17.4 Å². The van der Waals surface area contributed by atoms with Crippen LogP contribution >= 0.6 is 11.6 Å². The standard InChI is InChI=1S/C22H16ClN3O3/c23-14-5-3-13(4-6-14)19-17-8-7-15(27)10-18(17)29-22-20(19)21(24)26(12-25-22)11-16-2-1-9-28-16/h1-10,12,19,24,27H,11H2/p+1/t19-/m0/s1. The molecule has 3 heterocycles. The zero-order valence-electron chi connectivity index (χ0n) is 15.2. The Hall–Kier alpha value is -3.51. The minimum atomic E-state index is -0.219. The van der Waals surface area contributed by atoms with Gasteiger partial charge in [-0.15, -0.1) is 0 Å². The van der Waals surface area contributed by atoms with Gasteiger partial charge in [-0.25, -0.2) is 4.57 Å². The van der Waals surface area contributed by atoms with Crippen LogP contribution in [0.15, 0.2) is 71.6 Å². The fourth-order valence-corrected chi connectivity index (χ4v) is 3.80. The van der Waals surface area contributed by atoms with Gasteiger partial charge in [0.25, 0.3) is 0 Å². The predicted octanol–water partition coefficient (Wildman–Crippen LogP) is 4.24. The third kappa shape index (κ3) is 3.07. The number of hydrogen-bond acceptors (Lipinski definition) is 5. The molecule has 0 amide bonds. The molecule has 0 saturated heterocycles. The minimum Gasteiger partial charge on any atom is -0.508 e. The lowest BCUT2D eigenvalue weighted by Crippen LogP contribution is -2.40. The van der Waals surface area contributed by atoms with Gasteiger partial charge in [0.05, 0.1) is 12.2 Å². The number of nitrogen functional groups attached to an aromatic ring is 1. The molecule has 1 aliphatic heterocycles. The highest BCUT2D eigenvalue weighted by atomic mass is 35.5. The number of fused-ring (bicyclic) bond motifs is 2. The number of hydrogen-bond donors (Lipinski definition) is 2. The van der Waals surface area contributed by atoms with Crippen LogP contribution in [0.25, 0.3) is 0 Å². The monoisotopic (exact) mass is 406 g/mol. The summed E-state index contributed by atoms with van der Waals surface area (Å²) in [6.45, 7) is 0.453. The van der Waals surface area contributed by atoms with Crippen molar-refractivity contribution in [3.05, 3.63) is 94.7 Å². The Labute approximate surface area is 171 Å². The molecule has 2 aromatic carbocycles. The first kappa shape index (κ1) is 17.6. The number of aromatic hydroxyl groups is 1. The number of phenolic OH excluding ortho intramolecular Hbond substituents is 1. The number of furan rings is 1. The zero-order chi connectivity index (χ0) is 20.0. The average Bonchev–Trinajstić information content (AvgIpc) is 3.22. The van der Waals surface area contributed by atoms with Gasteiger partial charge in [-0.3, -0.25) is 0 Å². The van der Waals surface area contributed by atoms with Crippen molar-refractivity contribution in [3.63, 3.8) is 0 Å². The normalized spacial score (nSPS) is 14.7. The molecule has 4 aromatic rings. The molecule has 2 aromatic heterocycles. The quantitative estimate of drug-likeness (QED) is 0.438. The fraction of sp³-hybridized carbons (Fsp3) is 0.0909. The van der Waals surface area contributed by atoms with E-state index >= 15 is 0 Å². The highest BCUT2D eigenvalue weighted by Gasteiger charge is 2.36. The largest absolute Gasteiger partial charge is 0.508 e. The number of rotatable bonds is 3. The van der Waals surface area contributed by atoms with Crippen molar-refractivity contribution in [2.24, 2.45) is 0 Å². The third-order valence-corrected chi connectivity index (χ3v) is 5.30. The second-order valence-corrected chi connectivity index (χ2v) is 7.30. The second-order valence-electron chi connectivity index (χ2n) is 6.86. The van der Waals surface area contributed by atoms with E-state index in [1.165, 1.54) is 0 Å². The summed E-state index contributed by atoms with van der Waals surface area (Å²) in [7, 11) is 0. The van der Waals surface area contributed by atoms with E-state index < -0.39 is 0 Å². The van der Waals surface area contributed by atoms with E-state index in [0.717, 1.165) is 22.5 Å². The molecule has 1 aliphatic rings.